The third kappa shape index (κ3) is 2.68. The summed E-state index contributed by atoms with van der Waals surface area (Å²) in [6.07, 6.45) is 0.731. The van der Waals surface area contributed by atoms with Crippen LogP contribution >= 0.6 is 0 Å². The van der Waals surface area contributed by atoms with E-state index in [-0.39, 0.29) is 17.7 Å². The highest BCUT2D eigenvalue weighted by atomic mass is 16.5. The predicted molar refractivity (Wildman–Crippen MR) is 71.3 cm³/mol. The Bertz CT molecular complexity index is 496. The molecule has 0 aliphatic carbocycles. The summed E-state index contributed by atoms with van der Waals surface area (Å²) in [6, 6.07) is 7.05. The molecular weight excluding hydrogens is 246 g/mol. The van der Waals surface area contributed by atoms with Crippen LogP contribution in [0.25, 0.3) is 0 Å². The molecule has 1 unspecified atom stereocenters. The van der Waals surface area contributed by atoms with Crippen molar-refractivity contribution in [2.24, 2.45) is 16.8 Å². The van der Waals surface area contributed by atoms with Crippen molar-refractivity contribution in [2.75, 3.05) is 25.2 Å². The Kier molecular flexibility index (Phi) is 4.01. The van der Waals surface area contributed by atoms with Gasteiger partial charge in [0.2, 0.25) is 5.91 Å². The highest BCUT2D eigenvalue weighted by molar-refractivity contribution is 6.06. The number of nitrogens with zero attached hydrogens (tertiary/aromatic N) is 2. The summed E-state index contributed by atoms with van der Waals surface area (Å²) in [4.78, 5) is 13.8. The highest BCUT2D eigenvalue weighted by Gasteiger charge is 2.28. The normalized spacial score (nSPS) is 19.4. The van der Waals surface area contributed by atoms with Gasteiger partial charge in [-0.25, -0.2) is 0 Å². The number of amidine groups is 1. The Balaban J connectivity index is 2.28. The molecule has 0 saturated carbocycles. The number of nitrogens with two attached hydrogens (primary N) is 1. The van der Waals surface area contributed by atoms with Gasteiger partial charge >= 0.3 is 0 Å². The fraction of sp³-hybridized carbons (Fsp3) is 0.385. The Morgan fingerprint density at radius 3 is 2.89 bits per heavy atom. The third-order valence-corrected chi connectivity index (χ3v) is 3.26. The molecule has 1 fully saturated rings. The van der Waals surface area contributed by atoms with Gasteiger partial charge < -0.3 is 20.6 Å². The summed E-state index contributed by atoms with van der Waals surface area (Å²) in [7, 11) is 1.68. The molecule has 1 amide bonds. The van der Waals surface area contributed by atoms with E-state index in [1.165, 1.54) is 4.90 Å². The van der Waals surface area contributed by atoms with E-state index in [0.717, 1.165) is 6.42 Å². The van der Waals surface area contributed by atoms with E-state index < -0.39 is 0 Å². The van der Waals surface area contributed by atoms with Crippen molar-refractivity contribution in [2.45, 2.75) is 6.42 Å². The minimum atomic E-state index is -0.120. The molecular formula is C13H17N3O3. The van der Waals surface area contributed by atoms with Crippen molar-refractivity contribution in [3.05, 3.63) is 29.8 Å². The van der Waals surface area contributed by atoms with Gasteiger partial charge in [-0.1, -0.05) is 17.3 Å². The van der Waals surface area contributed by atoms with E-state index in [1.807, 2.05) is 0 Å². The first-order valence-electron chi connectivity index (χ1n) is 6.07. The van der Waals surface area contributed by atoms with Crippen LogP contribution in [0.2, 0.25) is 0 Å². The molecule has 1 aromatic carbocycles. The molecule has 19 heavy (non-hydrogen) atoms. The lowest BCUT2D eigenvalue weighted by Gasteiger charge is -2.22. The quantitative estimate of drug-likeness (QED) is 0.365. The van der Waals surface area contributed by atoms with Crippen molar-refractivity contribution in [1.82, 2.24) is 0 Å². The van der Waals surface area contributed by atoms with Crippen LogP contribution in [0.15, 0.2) is 29.4 Å². The lowest BCUT2D eigenvalue weighted by atomic mass is 10.1. The Morgan fingerprint density at radius 2 is 2.26 bits per heavy atom. The van der Waals surface area contributed by atoms with Gasteiger partial charge in [-0.2, -0.15) is 0 Å². The molecule has 6 heteroatoms. The zero-order chi connectivity index (χ0) is 13.8. The van der Waals surface area contributed by atoms with E-state index in [1.54, 1.807) is 31.3 Å². The number of anilines is 1. The molecule has 1 aliphatic heterocycles. The van der Waals surface area contributed by atoms with Gasteiger partial charge in [0.15, 0.2) is 5.84 Å². The van der Waals surface area contributed by atoms with Gasteiger partial charge in [0.05, 0.1) is 18.2 Å². The Hall–Kier alpha value is -2.08. The van der Waals surface area contributed by atoms with E-state index >= 15 is 0 Å². The fourth-order valence-corrected chi connectivity index (χ4v) is 2.16. The molecule has 0 bridgehead atoms. The molecule has 6 nitrogen and oxygen atoms in total. The number of hydrogen-bond acceptors (Lipinski definition) is 4. The second-order valence-corrected chi connectivity index (χ2v) is 4.46. The number of amides is 1. The first-order valence-corrected chi connectivity index (χ1v) is 6.07. The van der Waals surface area contributed by atoms with Crippen LogP contribution in [0.3, 0.4) is 0 Å². The van der Waals surface area contributed by atoms with E-state index in [4.69, 9.17) is 15.7 Å². The molecule has 0 spiro atoms. The second kappa shape index (κ2) is 5.71. The highest BCUT2D eigenvalue weighted by Crippen LogP contribution is 2.23. The number of carbonyl (C=O) groups is 1. The molecule has 0 aromatic heterocycles. The van der Waals surface area contributed by atoms with Gasteiger partial charge in [-0.05, 0) is 18.6 Å². The molecule has 1 saturated heterocycles. The van der Waals surface area contributed by atoms with Gasteiger partial charge in [-0.15, -0.1) is 0 Å². The molecule has 102 valence electrons. The maximum atomic E-state index is 12.3. The molecule has 1 aromatic rings. The lowest BCUT2D eigenvalue weighted by Crippen LogP contribution is -2.34. The van der Waals surface area contributed by atoms with Gasteiger partial charge in [0.25, 0.3) is 0 Å². The first-order chi connectivity index (χ1) is 9.15. The lowest BCUT2D eigenvalue weighted by molar-refractivity contribution is -0.122. The van der Waals surface area contributed by atoms with Crippen molar-refractivity contribution in [1.29, 1.82) is 0 Å². The second-order valence-electron chi connectivity index (χ2n) is 4.46. The standard InChI is InChI=1S/C13H17N3O3/c1-16(13(17)9-6-7-19-8-9)11-5-3-2-4-10(11)12(14)15-18/h2-5,9,18H,6-8H2,1H3,(H2,14,15). The number of rotatable bonds is 3. The fourth-order valence-electron chi connectivity index (χ4n) is 2.16. The average Bonchev–Trinajstić information content (AvgIpc) is 2.99. The SMILES string of the molecule is CN(C(=O)C1CCOC1)c1ccccc1C(N)=NO. The number of carbonyl (C=O) groups excluding carboxylic acids is 1. The monoisotopic (exact) mass is 263 g/mol. The zero-order valence-electron chi connectivity index (χ0n) is 10.7. The van der Waals surface area contributed by atoms with Crippen molar-refractivity contribution in [3.8, 4) is 0 Å². The van der Waals surface area contributed by atoms with E-state index in [2.05, 4.69) is 5.16 Å². The van der Waals surface area contributed by atoms with Crippen LogP contribution in [-0.4, -0.2) is 37.2 Å². The summed E-state index contributed by atoms with van der Waals surface area (Å²) < 4.78 is 5.23. The molecule has 3 N–H and O–H groups in total. The number of ether oxygens (including phenoxy) is 1. The van der Waals surface area contributed by atoms with Crippen LogP contribution in [0, 0.1) is 5.92 Å². The van der Waals surface area contributed by atoms with Crippen molar-refractivity contribution < 1.29 is 14.7 Å². The Morgan fingerprint density at radius 1 is 1.53 bits per heavy atom. The maximum absolute atomic E-state index is 12.3. The summed E-state index contributed by atoms with van der Waals surface area (Å²) in [5.41, 5.74) is 6.77. The van der Waals surface area contributed by atoms with Crippen LogP contribution < -0.4 is 10.6 Å². The number of hydrogen-bond donors (Lipinski definition) is 2. The molecule has 1 heterocycles. The molecule has 1 aliphatic rings. The topological polar surface area (TPSA) is 88.2 Å². The number of benzene rings is 1. The number of oxime groups is 1. The summed E-state index contributed by atoms with van der Waals surface area (Å²) >= 11 is 0. The molecule has 1 atom stereocenters. The average molecular weight is 263 g/mol. The van der Waals surface area contributed by atoms with Gasteiger partial charge in [0.1, 0.15) is 0 Å². The van der Waals surface area contributed by atoms with Crippen LogP contribution in [0.1, 0.15) is 12.0 Å². The van der Waals surface area contributed by atoms with Gasteiger partial charge in [0, 0.05) is 19.2 Å². The van der Waals surface area contributed by atoms with Crippen LogP contribution in [0.4, 0.5) is 5.69 Å². The molecule has 0 radical (unpaired) electrons. The minimum absolute atomic E-state index is 0.0158. The number of para-hydroxylation sites is 1. The van der Waals surface area contributed by atoms with Crippen LogP contribution in [-0.2, 0) is 9.53 Å². The smallest absolute Gasteiger partial charge is 0.232 e. The summed E-state index contributed by atoms with van der Waals surface area (Å²) in [5, 5.41) is 11.8. The van der Waals surface area contributed by atoms with E-state index in [0.29, 0.717) is 24.5 Å². The minimum Gasteiger partial charge on any atom is -0.409 e. The largest absolute Gasteiger partial charge is 0.409 e. The van der Waals surface area contributed by atoms with E-state index in [9.17, 15) is 4.79 Å². The summed E-state index contributed by atoms with van der Waals surface area (Å²) in [5.74, 6) is -0.154. The van der Waals surface area contributed by atoms with Crippen molar-refractivity contribution >= 4 is 17.4 Å². The van der Waals surface area contributed by atoms with Crippen molar-refractivity contribution in [3.63, 3.8) is 0 Å². The Labute approximate surface area is 111 Å². The summed E-state index contributed by atoms with van der Waals surface area (Å²) in [6.45, 7) is 1.07. The zero-order valence-corrected chi connectivity index (χ0v) is 10.7. The van der Waals surface area contributed by atoms with Gasteiger partial charge in [-0.3, -0.25) is 4.79 Å². The first kappa shape index (κ1) is 13.4. The third-order valence-electron chi connectivity index (χ3n) is 3.26. The molecule has 2 rings (SSSR count). The van der Waals surface area contributed by atoms with Crippen LogP contribution in [0.5, 0.6) is 0 Å². The maximum Gasteiger partial charge on any atom is 0.232 e. The predicted octanol–water partition coefficient (Wildman–Crippen LogP) is 0.780.